The number of nitrogens with zero attached hydrogens (tertiary/aromatic N) is 3. The molecule has 0 bridgehead atoms. The van der Waals surface area contributed by atoms with E-state index in [0.717, 1.165) is 16.5 Å². The maximum Gasteiger partial charge on any atom is 0.338 e. The van der Waals surface area contributed by atoms with Gasteiger partial charge in [0.25, 0.3) is 5.56 Å². The van der Waals surface area contributed by atoms with E-state index in [1.165, 1.54) is 11.3 Å². The van der Waals surface area contributed by atoms with Gasteiger partial charge in [0.2, 0.25) is 0 Å². The molecule has 202 valence electrons. The number of carbonyl (C=O) groups excluding carboxylic acids is 1. The van der Waals surface area contributed by atoms with Gasteiger partial charge in [-0.05, 0) is 57.5 Å². The summed E-state index contributed by atoms with van der Waals surface area (Å²) in [6, 6.07) is 12.8. The van der Waals surface area contributed by atoms with Crippen molar-refractivity contribution in [3.8, 4) is 11.5 Å². The Balaban J connectivity index is 1.73. The van der Waals surface area contributed by atoms with Gasteiger partial charge in [0.05, 0.1) is 41.7 Å². The molecule has 9 heteroatoms. The van der Waals surface area contributed by atoms with Gasteiger partial charge in [-0.2, -0.15) is 0 Å². The number of thiazole rings is 1. The molecule has 4 aromatic rings. The lowest BCUT2D eigenvalue weighted by Gasteiger charge is -2.25. The summed E-state index contributed by atoms with van der Waals surface area (Å²) in [5.74, 6) is 0.587. The lowest BCUT2D eigenvalue weighted by atomic mass is 9.95. The van der Waals surface area contributed by atoms with Crippen molar-refractivity contribution in [2.45, 2.75) is 39.8 Å². The molecule has 0 saturated heterocycles. The van der Waals surface area contributed by atoms with E-state index in [1.54, 1.807) is 31.6 Å². The summed E-state index contributed by atoms with van der Waals surface area (Å²) in [6.45, 7) is 7.61. The molecule has 0 saturated carbocycles. The van der Waals surface area contributed by atoms with E-state index in [2.05, 4.69) is 4.99 Å². The van der Waals surface area contributed by atoms with E-state index in [-0.39, 0.29) is 18.3 Å². The molecule has 0 spiro atoms. The number of carbonyl (C=O) groups is 1. The van der Waals surface area contributed by atoms with Crippen molar-refractivity contribution >= 4 is 34.3 Å². The van der Waals surface area contributed by atoms with Crippen LogP contribution in [0.15, 0.2) is 69.7 Å². The van der Waals surface area contributed by atoms with Crippen LogP contribution in [0.25, 0.3) is 17.0 Å². The number of para-hydroxylation sites is 1. The van der Waals surface area contributed by atoms with Crippen molar-refractivity contribution in [3.63, 3.8) is 0 Å². The summed E-state index contributed by atoms with van der Waals surface area (Å²) < 4.78 is 21.1. The summed E-state index contributed by atoms with van der Waals surface area (Å²) in [7, 11) is 3.55. The zero-order chi connectivity index (χ0) is 27.8. The third-order valence-corrected chi connectivity index (χ3v) is 7.58. The number of esters is 1. The van der Waals surface area contributed by atoms with Gasteiger partial charge in [0, 0.05) is 29.7 Å². The molecule has 3 heterocycles. The first-order chi connectivity index (χ1) is 18.7. The monoisotopic (exact) mass is 545 g/mol. The number of hydrogen-bond acceptors (Lipinski definition) is 7. The number of fused-ring (bicyclic) bond motifs is 2. The Hall–Kier alpha value is -4.11. The first-order valence-corrected chi connectivity index (χ1v) is 13.6. The molecule has 1 atom stereocenters. The molecule has 2 aromatic carbocycles. The second-order valence-corrected chi connectivity index (χ2v) is 10.6. The predicted molar refractivity (Wildman–Crippen MR) is 152 cm³/mol. The second kappa shape index (κ2) is 10.6. The number of ether oxygens (including phenoxy) is 3. The SMILES string of the molecule is CCOC(=O)C1=C(C)N=c2sc(=Cc3cn(C)c4ccccc34)c(=O)n2C1c1ccc(OC(C)C)c(OC)c1. The Bertz CT molecular complexity index is 1790. The summed E-state index contributed by atoms with van der Waals surface area (Å²) in [4.78, 5) is 32.4. The number of aryl methyl sites for hydroxylation is 1. The first-order valence-electron chi connectivity index (χ1n) is 12.8. The minimum absolute atomic E-state index is 0.0475. The minimum atomic E-state index is -0.739. The van der Waals surface area contributed by atoms with Crippen molar-refractivity contribution in [2.24, 2.45) is 12.0 Å². The maximum atomic E-state index is 14.0. The molecular formula is C30H31N3O5S. The Morgan fingerprint density at radius 1 is 1.18 bits per heavy atom. The van der Waals surface area contributed by atoms with Gasteiger partial charge < -0.3 is 18.8 Å². The van der Waals surface area contributed by atoms with E-state index >= 15 is 0 Å². The lowest BCUT2D eigenvalue weighted by Crippen LogP contribution is -2.40. The highest BCUT2D eigenvalue weighted by Crippen LogP contribution is 2.36. The molecule has 5 rings (SSSR count). The Labute approximate surface area is 230 Å². The third kappa shape index (κ3) is 4.78. The Morgan fingerprint density at radius 3 is 2.67 bits per heavy atom. The standard InChI is InChI=1S/C30H31N3O5S/c1-7-37-29(35)26-18(4)31-30-33(27(26)19-12-13-23(38-17(2)3)24(14-19)36-6)28(34)25(39-30)15-20-16-32(5)22-11-9-8-10-21(20)22/h8-17,27H,7H2,1-6H3. The second-order valence-electron chi connectivity index (χ2n) is 9.59. The van der Waals surface area contributed by atoms with E-state index in [4.69, 9.17) is 14.2 Å². The Kier molecular flexibility index (Phi) is 7.18. The molecule has 8 nitrogen and oxygen atoms in total. The van der Waals surface area contributed by atoms with Crippen LogP contribution in [0.5, 0.6) is 11.5 Å². The molecular weight excluding hydrogens is 514 g/mol. The fraction of sp³-hybridized carbons (Fsp3) is 0.300. The fourth-order valence-corrected chi connectivity index (χ4v) is 5.98. The predicted octanol–water partition coefficient (Wildman–Crippen LogP) is 4.09. The van der Waals surface area contributed by atoms with E-state index in [9.17, 15) is 9.59 Å². The highest BCUT2D eigenvalue weighted by Gasteiger charge is 2.34. The van der Waals surface area contributed by atoms with Crippen LogP contribution in [-0.2, 0) is 16.6 Å². The van der Waals surface area contributed by atoms with Crippen LogP contribution in [0.2, 0.25) is 0 Å². The average molecular weight is 546 g/mol. The van der Waals surface area contributed by atoms with Crippen LogP contribution >= 0.6 is 11.3 Å². The first kappa shape index (κ1) is 26.5. The quantitative estimate of drug-likeness (QED) is 0.327. The van der Waals surface area contributed by atoms with Crippen molar-refractivity contribution < 1.29 is 19.0 Å². The van der Waals surface area contributed by atoms with Gasteiger partial charge in [0.1, 0.15) is 0 Å². The summed E-state index contributed by atoms with van der Waals surface area (Å²) in [6.07, 6.45) is 3.86. The van der Waals surface area contributed by atoms with Crippen LogP contribution in [0.1, 0.15) is 44.9 Å². The van der Waals surface area contributed by atoms with Crippen molar-refractivity contribution in [1.29, 1.82) is 0 Å². The zero-order valence-corrected chi connectivity index (χ0v) is 23.7. The molecule has 0 radical (unpaired) electrons. The highest BCUT2D eigenvalue weighted by molar-refractivity contribution is 7.07. The van der Waals surface area contributed by atoms with Crippen LogP contribution in [0, 0.1) is 0 Å². The molecule has 39 heavy (non-hydrogen) atoms. The largest absolute Gasteiger partial charge is 0.493 e. The van der Waals surface area contributed by atoms with Crippen LogP contribution in [0.3, 0.4) is 0 Å². The van der Waals surface area contributed by atoms with Gasteiger partial charge in [-0.3, -0.25) is 9.36 Å². The van der Waals surface area contributed by atoms with E-state index in [0.29, 0.717) is 37.7 Å². The van der Waals surface area contributed by atoms with Crippen LogP contribution in [-0.4, -0.2) is 34.9 Å². The van der Waals surface area contributed by atoms with Gasteiger partial charge in [0.15, 0.2) is 16.3 Å². The average Bonchev–Trinajstić information content (AvgIpc) is 3.39. The smallest absolute Gasteiger partial charge is 0.338 e. The molecule has 0 amide bonds. The normalized spacial score (nSPS) is 15.5. The summed E-state index contributed by atoms with van der Waals surface area (Å²) >= 11 is 1.30. The summed E-state index contributed by atoms with van der Waals surface area (Å²) in [5, 5.41) is 1.05. The van der Waals surface area contributed by atoms with Gasteiger partial charge in [-0.25, -0.2) is 9.79 Å². The Morgan fingerprint density at radius 2 is 1.95 bits per heavy atom. The maximum absolute atomic E-state index is 14.0. The molecule has 0 fully saturated rings. The van der Waals surface area contributed by atoms with Gasteiger partial charge >= 0.3 is 5.97 Å². The molecule has 1 unspecified atom stereocenters. The lowest BCUT2D eigenvalue weighted by molar-refractivity contribution is -0.139. The van der Waals surface area contributed by atoms with Gasteiger partial charge in [-0.1, -0.05) is 35.6 Å². The molecule has 2 aromatic heterocycles. The molecule has 0 aliphatic carbocycles. The number of rotatable bonds is 7. The van der Waals surface area contributed by atoms with Crippen molar-refractivity contribution in [2.75, 3.05) is 13.7 Å². The van der Waals surface area contributed by atoms with E-state index < -0.39 is 12.0 Å². The van der Waals surface area contributed by atoms with E-state index in [1.807, 2.05) is 74.1 Å². The number of allylic oxidation sites excluding steroid dienone is 1. The molecule has 1 aliphatic rings. The minimum Gasteiger partial charge on any atom is -0.493 e. The number of aromatic nitrogens is 2. The van der Waals surface area contributed by atoms with Gasteiger partial charge in [-0.15, -0.1) is 0 Å². The van der Waals surface area contributed by atoms with Crippen molar-refractivity contribution in [1.82, 2.24) is 9.13 Å². The number of benzene rings is 2. The molecule has 0 N–H and O–H groups in total. The molecule has 1 aliphatic heterocycles. The fourth-order valence-electron chi connectivity index (χ4n) is 4.94. The zero-order valence-electron chi connectivity index (χ0n) is 22.8. The van der Waals surface area contributed by atoms with Crippen LogP contribution in [0.4, 0.5) is 0 Å². The number of hydrogen-bond donors (Lipinski definition) is 0. The topological polar surface area (TPSA) is 84.1 Å². The number of methoxy groups -OCH3 is 1. The van der Waals surface area contributed by atoms with Crippen molar-refractivity contribution in [3.05, 3.63) is 90.7 Å². The van der Waals surface area contributed by atoms with Crippen LogP contribution < -0.4 is 24.4 Å². The highest BCUT2D eigenvalue weighted by atomic mass is 32.1. The third-order valence-electron chi connectivity index (χ3n) is 6.60. The summed E-state index contributed by atoms with van der Waals surface area (Å²) in [5.41, 5.74) is 3.31.